The number of rotatable bonds is 5. The lowest BCUT2D eigenvalue weighted by Gasteiger charge is -1.96. The summed E-state index contributed by atoms with van der Waals surface area (Å²) in [5, 5.41) is 0. The van der Waals surface area contributed by atoms with E-state index in [4.69, 9.17) is 4.74 Å². The molecule has 0 spiro atoms. The summed E-state index contributed by atoms with van der Waals surface area (Å²) in [4.78, 5) is 10.2. The zero-order valence-corrected chi connectivity index (χ0v) is 7.00. The summed E-state index contributed by atoms with van der Waals surface area (Å²) < 4.78 is 9.44. The largest absolute Gasteiger partial charge is 0.498 e. The molecule has 0 aromatic rings. The number of hydrogen-bond acceptors (Lipinski definition) is 3. The number of unbranched alkanes of at least 4 members (excludes halogenated alkanes) is 1. The predicted molar refractivity (Wildman–Crippen MR) is 41.8 cm³/mol. The van der Waals surface area contributed by atoms with Crippen molar-refractivity contribution in [2.24, 2.45) is 0 Å². The fourth-order valence-electron chi connectivity index (χ4n) is 0.459. The van der Waals surface area contributed by atoms with E-state index in [0.717, 1.165) is 12.8 Å². The zero-order valence-electron chi connectivity index (χ0n) is 7.00. The maximum atomic E-state index is 10.2. The summed E-state index contributed by atoms with van der Waals surface area (Å²) >= 11 is 0. The lowest BCUT2D eigenvalue weighted by Crippen LogP contribution is -1.91. The minimum absolute atomic E-state index is 0.333. The monoisotopic (exact) mass is 158 g/mol. The average Bonchev–Trinajstić information content (AvgIpc) is 1.96. The van der Waals surface area contributed by atoms with Crippen molar-refractivity contribution in [2.45, 2.75) is 26.7 Å². The van der Waals surface area contributed by atoms with Gasteiger partial charge in [-0.2, -0.15) is 0 Å². The number of hydrogen-bond donors (Lipinski definition) is 0. The first-order valence-corrected chi connectivity index (χ1v) is 3.71. The Balaban J connectivity index is 3.10. The molecule has 0 heterocycles. The van der Waals surface area contributed by atoms with Gasteiger partial charge in [-0.25, -0.2) is 0 Å². The summed E-state index contributed by atoms with van der Waals surface area (Å²) in [5.41, 5.74) is 0. The molecule has 0 aliphatic rings. The molecule has 0 amide bonds. The Morgan fingerprint density at radius 2 is 2.18 bits per heavy atom. The van der Waals surface area contributed by atoms with Crippen molar-refractivity contribution in [3.05, 3.63) is 12.5 Å². The van der Waals surface area contributed by atoms with Crippen LogP contribution in [0.25, 0.3) is 0 Å². The molecule has 11 heavy (non-hydrogen) atoms. The van der Waals surface area contributed by atoms with E-state index in [1.54, 1.807) is 0 Å². The molecule has 3 nitrogen and oxygen atoms in total. The molecular formula is C8H14O3. The normalized spacial score (nSPS) is 10.0. The lowest BCUT2D eigenvalue weighted by atomic mass is 10.4. The maximum absolute atomic E-state index is 10.2. The smallest absolute Gasteiger partial charge is 0.307 e. The highest BCUT2D eigenvalue weighted by molar-refractivity contribution is 5.66. The Bertz CT molecular complexity index is 129. The molecule has 0 atom stereocenters. The van der Waals surface area contributed by atoms with Crippen LogP contribution in [0.4, 0.5) is 0 Å². The second-order valence-electron chi connectivity index (χ2n) is 2.11. The van der Waals surface area contributed by atoms with E-state index in [2.05, 4.69) is 11.7 Å². The van der Waals surface area contributed by atoms with Gasteiger partial charge in [0, 0.05) is 6.92 Å². The van der Waals surface area contributed by atoms with E-state index in [1.165, 1.54) is 19.4 Å². The average molecular weight is 158 g/mol. The Labute approximate surface area is 67.0 Å². The van der Waals surface area contributed by atoms with Crippen molar-refractivity contribution < 1.29 is 14.3 Å². The second kappa shape index (κ2) is 7.12. The van der Waals surface area contributed by atoms with Gasteiger partial charge in [-0.15, -0.1) is 0 Å². The molecule has 0 saturated carbocycles. The lowest BCUT2D eigenvalue weighted by molar-refractivity contribution is -0.135. The van der Waals surface area contributed by atoms with Crippen LogP contribution >= 0.6 is 0 Å². The third-order valence-corrected chi connectivity index (χ3v) is 1.00. The molecule has 0 aliphatic carbocycles. The minimum atomic E-state index is -0.333. The van der Waals surface area contributed by atoms with Gasteiger partial charge in [0.25, 0.3) is 0 Å². The third-order valence-electron chi connectivity index (χ3n) is 1.00. The van der Waals surface area contributed by atoms with E-state index in [0.29, 0.717) is 6.61 Å². The number of carbonyl (C=O) groups is 1. The topological polar surface area (TPSA) is 35.5 Å². The Kier molecular flexibility index (Phi) is 6.48. The van der Waals surface area contributed by atoms with Crippen LogP contribution in [0.2, 0.25) is 0 Å². The first-order chi connectivity index (χ1) is 5.27. The first-order valence-electron chi connectivity index (χ1n) is 3.71. The maximum Gasteiger partial charge on any atom is 0.307 e. The molecule has 0 fully saturated rings. The second-order valence-corrected chi connectivity index (χ2v) is 2.11. The van der Waals surface area contributed by atoms with Crippen LogP contribution in [0.1, 0.15) is 26.7 Å². The van der Waals surface area contributed by atoms with Gasteiger partial charge >= 0.3 is 5.97 Å². The van der Waals surface area contributed by atoms with Crippen LogP contribution in [-0.4, -0.2) is 12.6 Å². The Morgan fingerprint density at radius 3 is 2.73 bits per heavy atom. The Hall–Kier alpha value is -0.990. The van der Waals surface area contributed by atoms with Gasteiger partial charge in [0.2, 0.25) is 0 Å². The van der Waals surface area contributed by atoms with Gasteiger partial charge in [-0.05, 0) is 6.42 Å². The van der Waals surface area contributed by atoms with E-state index >= 15 is 0 Å². The predicted octanol–water partition coefficient (Wildman–Crippen LogP) is 1.84. The summed E-state index contributed by atoms with van der Waals surface area (Å²) in [7, 11) is 0. The molecule has 64 valence electrons. The first kappa shape index (κ1) is 10.0. The molecule has 0 N–H and O–H groups in total. The van der Waals surface area contributed by atoms with E-state index < -0.39 is 0 Å². The van der Waals surface area contributed by atoms with Gasteiger partial charge in [-0.1, -0.05) is 13.3 Å². The van der Waals surface area contributed by atoms with Gasteiger partial charge < -0.3 is 9.47 Å². The highest BCUT2D eigenvalue weighted by Crippen LogP contribution is 1.88. The number of ether oxygens (including phenoxy) is 2. The fourth-order valence-corrected chi connectivity index (χ4v) is 0.459. The summed E-state index contributed by atoms with van der Waals surface area (Å²) in [6.07, 6.45) is 4.75. The van der Waals surface area contributed by atoms with Crippen molar-refractivity contribution >= 4 is 5.97 Å². The summed E-state index contributed by atoms with van der Waals surface area (Å²) in [6, 6.07) is 0. The third kappa shape index (κ3) is 9.01. The SMILES string of the molecule is CCCCO/C=C\OC(C)=O. The van der Waals surface area contributed by atoms with Gasteiger partial charge in [0.15, 0.2) is 0 Å². The molecule has 0 bridgehead atoms. The van der Waals surface area contributed by atoms with E-state index in [9.17, 15) is 4.79 Å². The summed E-state index contributed by atoms with van der Waals surface area (Å²) in [5.74, 6) is -0.333. The highest BCUT2D eigenvalue weighted by Gasteiger charge is 1.84. The van der Waals surface area contributed by atoms with E-state index in [1.807, 2.05) is 0 Å². The standard InChI is InChI=1S/C8H14O3/c1-3-4-5-10-6-7-11-8(2)9/h6-7H,3-5H2,1-2H3/b7-6-. The molecular weight excluding hydrogens is 144 g/mol. The Morgan fingerprint density at radius 1 is 1.45 bits per heavy atom. The molecule has 0 unspecified atom stereocenters. The minimum Gasteiger partial charge on any atom is -0.498 e. The van der Waals surface area contributed by atoms with Gasteiger partial charge in [-0.3, -0.25) is 4.79 Å². The molecule has 3 heteroatoms. The van der Waals surface area contributed by atoms with Crippen LogP contribution in [0.5, 0.6) is 0 Å². The quantitative estimate of drug-likeness (QED) is 0.348. The zero-order chi connectivity index (χ0) is 8.53. The van der Waals surface area contributed by atoms with Crippen molar-refractivity contribution in [3.8, 4) is 0 Å². The molecule has 0 radical (unpaired) electrons. The number of esters is 1. The summed E-state index contributed by atoms with van der Waals surface area (Å²) in [6.45, 7) is 4.10. The van der Waals surface area contributed by atoms with Crippen LogP contribution in [0, 0.1) is 0 Å². The number of carbonyl (C=O) groups excluding carboxylic acids is 1. The molecule has 0 rings (SSSR count). The van der Waals surface area contributed by atoms with Crippen molar-refractivity contribution in [2.75, 3.05) is 6.61 Å². The molecule has 0 saturated heterocycles. The van der Waals surface area contributed by atoms with Crippen molar-refractivity contribution in [1.29, 1.82) is 0 Å². The van der Waals surface area contributed by atoms with Gasteiger partial charge in [0.05, 0.1) is 6.61 Å². The molecule has 0 aromatic carbocycles. The highest BCUT2D eigenvalue weighted by atomic mass is 16.5. The van der Waals surface area contributed by atoms with Gasteiger partial charge in [0.1, 0.15) is 12.5 Å². The fraction of sp³-hybridized carbons (Fsp3) is 0.625. The molecule has 0 aliphatic heterocycles. The molecule has 0 aromatic heterocycles. The van der Waals surface area contributed by atoms with Crippen LogP contribution < -0.4 is 0 Å². The van der Waals surface area contributed by atoms with E-state index in [-0.39, 0.29) is 5.97 Å². The van der Waals surface area contributed by atoms with Crippen molar-refractivity contribution in [3.63, 3.8) is 0 Å². The van der Waals surface area contributed by atoms with Crippen molar-refractivity contribution in [1.82, 2.24) is 0 Å². The van der Waals surface area contributed by atoms with Crippen LogP contribution in [0.15, 0.2) is 12.5 Å². The van der Waals surface area contributed by atoms with Crippen LogP contribution in [-0.2, 0) is 14.3 Å². The van der Waals surface area contributed by atoms with Crippen LogP contribution in [0.3, 0.4) is 0 Å².